The van der Waals surface area contributed by atoms with Crippen molar-refractivity contribution in [2.45, 2.75) is 26.3 Å². The van der Waals surface area contributed by atoms with Gasteiger partial charge in [0.1, 0.15) is 5.75 Å². The lowest BCUT2D eigenvalue weighted by molar-refractivity contribution is -0.124. The average molecular weight is 301 g/mol. The number of hydrogen-bond donors (Lipinski definition) is 2. The molecule has 0 aromatic heterocycles. The van der Waals surface area contributed by atoms with Crippen LogP contribution in [0.4, 0.5) is 5.69 Å². The van der Waals surface area contributed by atoms with E-state index in [9.17, 15) is 4.79 Å². The quantitative estimate of drug-likeness (QED) is 0.842. The third kappa shape index (κ3) is 5.08. The highest BCUT2D eigenvalue weighted by atomic mass is 79.9. The highest BCUT2D eigenvalue weighted by Gasteiger charge is 2.14. The van der Waals surface area contributed by atoms with Gasteiger partial charge in [0.05, 0.1) is 5.69 Å². The van der Waals surface area contributed by atoms with Gasteiger partial charge in [-0.1, -0.05) is 15.9 Å². The molecule has 0 saturated carbocycles. The molecule has 1 amide bonds. The zero-order chi connectivity index (χ0) is 13.1. The zero-order valence-corrected chi connectivity index (χ0v) is 11.8. The van der Waals surface area contributed by atoms with E-state index in [0.717, 1.165) is 4.47 Å². The topological polar surface area (TPSA) is 64.3 Å². The Morgan fingerprint density at radius 2 is 2.12 bits per heavy atom. The molecule has 0 saturated heterocycles. The van der Waals surface area contributed by atoms with Gasteiger partial charge in [0.2, 0.25) is 0 Å². The number of carbonyl (C=O) groups excluding carboxylic acids is 1. The van der Waals surface area contributed by atoms with Crippen LogP contribution in [0.25, 0.3) is 0 Å². The van der Waals surface area contributed by atoms with Gasteiger partial charge in [-0.15, -0.1) is 0 Å². The van der Waals surface area contributed by atoms with Crippen molar-refractivity contribution >= 4 is 27.5 Å². The Bertz CT molecular complexity index is 413. The van der Waals surface area contributed by atoms with Gasteiger partial charge in [-0.2, -0.15) is 0 Å². The van der Waals surface area contributed by atoms with Crippen molar-refractivity contribution in [3.05, 3.63) is 22.7 Å². The monoisotopic (exact) mass is 300 g/mol. The second kappa shape index (κ2) is 5.40. The van der Waals surface area contributed by atoms with E-state index in [4.69, 9.17) is 10.5 Å². The molecule has 1 aromatic carbocycles. The molecule has 0 fully saturated rings. The third-order valence-electron chi connectivity index (χ3n) is 1.85. The lowest BCUT2D eigenvalue weighted by atomic mass is 10.1. The fraction of sp³-hybridized carbons (Fsp3) is 0.417. The molecule has 17 heavy (non-hydrogen) atoms. The lowest BCUT2D eigenvalue weighted by Gasteiger charge is -2.20. The lowest BCUT2D eigenvalue weighted by Crippen LogP contribution is -2.43. The fourth-order valence-electron chi connectivity index (χ4n) is 1.25. The number of nitrogens with one attached hydrogen (secondary N) is 1. The van der Waals surface area contributed by atoms with E-state index in [2.05, 4.69) is 21.2 Å². The smallest absolute Gasteiger partial charge is 0.258 e. The summed E-state index contributed by atoms with van der Waals surface area (Å²) in [5, 5.41) is 2.81. The van der Waals surface area contributed by atoms with E-state index >= 15 is 0 Å². The highest BCUT2D eigenvalue weighted by Crippen LogP contribution is 2.25. The first-order valence-corrected chi connectivity index (χ1v) is 6.06. The summed E-state index contributed by atoms with van der Waals surface area (Å²) in [4.78, 5) is 11.5. The van der Waals surface area contributed by atoms with Gasteiger partial charge in [0, 0.05) is 10.0 Å². The van der Waals surface area contributed by atoms with Crippen molar-refractivity contribution in [3.63, 3.8) is 0 Å². The summed E-state index contributed by atoms with van der Waals surface area (Å²) in [7, 11) is 0. The van der Waals surface area contributed by atoms with E-state index in [0.29, 0.717) is 11.4 Å². The van der Waals surface area contributed by atoms with Crippen molar-refractivity contribution < 1.29 is 9.53 Å². The predicted octanol–water partition coefficient (Wildman–Crippen LogP) is 2.32. The molecule has 0 spiro atoms. The predicted molar refractivity (Wildman–Crippen MR) is 71.9 cm³/mol. The van der Waals surface area contributed by atoms with Gasteiger partial charge in [-0.05, 0) is 39.0 Å². The normalized spacial score (nSPS) is 11.1. The molecule has 0 aliphatic heterocycles. The van der Waals surface area contributed by atoms with E-state index in [1.165, 1.54) is 0 Å². The van der Waals surface area contributed by atoms with Crippen LogP contribution in [0.5, 0.6) is 5.75 Å². The van der Waals surface area contributed by atoms with Gasteiger partial charge in [0.25, 0.3) is 5.91 Å². The number of rotatable bonds is 3. The molecule has 0 radical (unpaired) electrons. The summed E-state index contributed by atoms with van der Waals surface area (Å²) in [6, 6.07) is 5.27. The number of ether oxygens (including phenoxy) is 1. The molecule has 3 N–H and O–H groups in total. The first-order valence-electron chi connectivity index (χ1n) is 5.27. The number of nitrogen functional groups attached to an aromatic ring is 1. The number of halogens is 1. The molecule has 0 aliphatic rings. The van der Waals surface area contributed by atoms with Crippen LogP contribution in [0.2, 0.25) is 0 Å². The standard InChI is InChI=1S/C12H17BrN2O2/c1-12(2,3)15-11(16)7-17-10-5-4-8(13)6-9(10)14/h4-6H,7,14H2,1-3H3,(H,15,16). The van der Waals surface area contributed by atoms with Crippen molar-refractivity contribution in [2.75, 3.05) is 12.3 Å². The number of carbonyl (C=O) groups is 1. The van der Waals surface area contributed by atoms with Crippen LogP contribution >= 0.6 is 15.9 Å². The Morgan fingerprint density at radius 1 is 1.47 bits per heavy atom. The second-order valence-corrected chi connectivity index (χ2v) is 5.68. The molecule has 94 valence electrons. The first-order chi connectivity index (χ1) is 7.78. The highest BCUT2D eigenvalue weighted by molar-refractivity contribution is 9.10. The van der Waals surface area contributed by atoms with Crippen molar-refractivity contribution in [1.82, 2.24) is 5.32 Å². The molecule has 0 bridgehead atoms. The van der Waals surface area contributed by atoms with Crippen LogP contribution in [0.3, 0.4) is 0 Å². The first kappa shape index (κ1) is 13.8. The van der Waals surface area contributed by atoms with Crippen LogP contribution in [0.15, 0.2) is 22.7 Å². The van der Waals surface area contributed by atoms with Crippen LogP contribution < -0.4 is 15.8 Å². The van der Waals surface area contributed by atoms with Gasteiger partial charge < -0.3 is 15.8 Å². The maximum Gasteiger partial charge on any atom is 0.258 e. The molecular formula is C12H17BrN2O2. The van der Waals surface area contributed by atoms with Crippen LogP contribution in [-0.4, -0.2) is 18.1 Å². The zero-order valence-electron chi connectivity index (χ0n) is 10.2. The van der Waals surface area contributed by atoms with E-state index in [1.807, 2.05) is 26.8 Å². The summed E-state index contributed by atoms with van der Waals surface area (Å²) in [6.45, 7) is 5.71. The maximum atomic E-state index is 11.5. The molecule has 0 atom stereocenters. The van der Waals surface area contributed by atoms with Crippen LogP contribution in [0, 0.1) is 0 Å². The van der Waals surface area contributed by atoms with Crippen molar-refractivity contribution in [1.29, 1.82) is 0 Å². The van der Waals surface area contributed by atoms with E-state index in [1.54, 1.807) is 12.1 Å². The molecule has 0 unspecified atom stereocenters. The molecular weight excluding hydrogens is 284 g/mol. The molecule has 0 aliphatic carbocycles. The van der Waals surface area contributed by atoms with Crippen molar-refractivity contribution in [2.24, 2.45) is 0 Å². The van der Waals surface area contributed by atoms with E-state index in [-0.39, 0.29) is 18.1 Å². The summed E-state index contributed by atoms with van der Waals surface area (Å²) in [5.41, 5.74) is 5.99. The maximum absolute atomic E-state index is 11.5. The van der Waals surface area contributed by atoms with Crippen LogP contribution in [0.1, 0.15) is 20.8 Å². The Kier molecular flexibility index (Phi) is 4.40. The van der Waals surface area contributed by atoms with Gasteiger partial charge in [-0.3, -0.25) is 4.79 Å². The number of anilines is 1. The number of nitrogens with two attached hydrogens (primary N) is 1. The average Bonchev–Trinajstić information content (AvgIpc) is 2.13. The van der Waals surface area contributed by atoms with Crippen LogP contribution in [-0.2, 0) is 4.79 Å². The fourth-order valence-corrected chi connectivity index (χ4v) is 1.63. The molecule has 1 aromatic rings. The number of benzene rings is 1. The number of amides is 1. The Hall–Kier alpha value is -1.23. The van der Waals surface area contributed by atoms with Gasteiger partial charge in [0.15, 0.2) is 6.61 Å². The minimum Gasteiger partial charge on any atom is -0.482 e. The van der Waals surface area contributed by atoms with Gasteiger partial charge in [-0.25, -0.2) is 0 Å². The molecule has 1 rings (SSSR count). The molecule has 5 heteroatoms. The second-order valence-electron chi connectivity index (χ2n) is 4.77. The van der Waals surface area contributed by atoms with Gasteiger partial charge >= 0.3 is 0 Å². The Labute approximate surface area is 110 Å². The summed E-state index contributed by atoms with van der Waals surface area (Å²) in [6.07, 6.45) is 0. The Morgan fingerprint density at radius 3 is 2.65 bits per heavy atom. The Balaban J connectivity index is 2.53. The largest absolute Gasteiger partial charge is 0.482 e. The van der Waals surface area contributed by atoms with E-state index < -0.39 is 0 Å². The molecule has 0 heterocycles. The minimum absolute atomic E-state index is 0.0386. The SMILES string of the molecule is CC(C)(C)NC(=O)COc1ccc(Br)cc1N. The minimum atomic E-state index is -0.258. The van der Waals surface area contributed by atoms with Crippen molar-refractivity contribution in [3.8, 4) is 5.75 Å². The summed E-state index contributed by atoms with van der Waals surface area (Å²) in [5.74, 6) is 0.345. The summed E-state index contributed by atoms with van der Waals surface area (Å²) < 4.78 is 6.22. The molecule has 4 nitrogen and oxygen atoms in total. The third-order valence-corrected chi connectivity index (χ3v) is 2.34. The summed E-state index contributed by atoms with van der Waals surface area (Å²) >= 11 is 3.30. The number of hydrogen-bond acceptors (Lipinski definition) is 3.